The van der Waals surface area contributed by atoms with Crippen LogP contribution in [0.25, 0.3) is 0 Å². The molecule has 0 spiro atoms. The number of nitrogens with zero attached hydrogens (tertiary/aromatic N) is 1. The van der Waals surface area contributed by atoms with Crippen LogP contribution in [0.1, 0.15) is 48.7 Å². The zero-order valence-electron chi connectivity index (χ0n) is 13.1. The lowest BCUT2D eigenvalue weighted by molar-refractivity contribution is 0.0699. The summed E-state index contributed by atoms with van der Waals surface area (Å²) in [7, 11) is 1.59. The number of hydrogen-bond donors (Lipinski definition) is 0. The van der Waals surface area contributed by atoms with Crippen molar-refractivity contribution < 1.29 is 13.2 Å². The topological polar surface area (TPSA) is 54.5 Å². The molecule has 4 nitrogen and oxygen atoms in total. The third kappa shape index (κ3) is 3.98. The molecule has 0 saturated heterocycles. The van der Waals surface area contributed by atoms with Crippen molar-refractivity contribution in [3.05, 3.63) is 28.8 Å². The lowest BCUT2D eigenvalue weighted by Crippen LogP contribution is -2.38. The zero-order valence-corrected chi connectivity index (χ0v) is 14.7. The van der Waals surface area contributed by atoms with E-state index in [9.17, 15) is 13.2 Å². The second-order valence-corrected chi connectivity index (χ2v) is 7.74. The Morgan fingerprint density at radius 2 is 1.86 bits per heavy atom. The van der Waals surface area contributed by atoms with E-state index >= 15 is 0 Å². The van der Waals surface area contributed by atoms with E-state index in [-0.39, 0.29) is 16.8 Å². The second-order valence-electron chi connectivity index (χ2n) is 5.20. The van der Waals surface area contributed by atoms with Gasteiger partial charge in [-0.3, -0.25) is 4.79 Å². The molecule has 0 radical (unpaired) electrons. The average Bonchev–Trinajstić information content (AvgIpc) is 2.40. The third-order valence-electron chi connectivity index (χ3n) is 3.85. The highest BCUT2D eigenvalue weighted by Crippen LogP contribution is 2.25. The maximum absolute atomic E-state index is 12.6. The summed E-state index contributed by atoms with van der Waals surface area (Å²) in [5.74, 6) is -0.170. The Morgan fingerprint density at radius 3 is 2.29 bits per heavy atom. The monoisotopic (exact) mass is 331 g/mol. The van der Waals surface area contributed by atoms with Gasteiger partial charge in [-0.1, -0.05) is 6.92 Å². The van der Waals surface area contributed by atoms with Crippen molar-refractivity contribution in [2.75, 3.05) is 6.54 Å². The molecule has 0 N–H and O–H groups in total. The van der Waals surface area contributed by atoms with Crippen LogP contribution in [0.5, 0.6) is 0 Å². The van der Waals surface area contributed by atoms with E-state index in [0.717, 1.165) is 12.0 Å². The van der Waals surface area contributed by atoms with Crippen LogP contribution in [-0.2, 0) is 9.05 Å². The fourth-order valence-corrected chi connectivity index (χ4v) is 3.52. The molecular formula is C15H22ClNO3S. The van der Waals surface area contributed by atoms with Crippen LogP contribution in [-0.4, -0.2) is 31.8 Å². The maximum atomic E-state index is 12.6. The molecule has 0 aromatic heterocycles. The first-order chi connectivity index (χ1) is 9.63. The minimum absolute atomic E-state index is 0.00715. The van der Waals surface area contributed by atoms with Crippen molar-refractivity contribution >= 4 is 25.6 Å². The van der Waals surface area contributed by atoms with E-state index in [1.54, 1.807) is 24.8 Å². The molecule has 1 aromatic rings. The minimum Gasteiger partial charge on any atom is -0.336 e. The van der Waals surface area contributed by atoms with Crippen LogP contribution in [0, 0.1) is 13.8 Å². The summed E-state index contributed by atoms with van der Waals surface area (Å²) in [5.41, 5.74) is 1.67. The first-order valence-electron chi connectivity index (χ1n) is 7.00. The van der Waals surface area contributed by atoms with Crippen molar-refractivity contribution in [2.24, 2.45) is 0 Å². The van der Waals surface area contributed by atoms with Crippen molar-refractivity contribution in [1.82, 2.24) is 4.90 Å². The lowest BCUT2D eigenvalue weighted by Gasteiger charge is -2.27. The molecule has 0 aliphatic rings. The van der Waals surface area contributed by atoms with Gasteiger partial charge in [0.05, 0.1) is 4.90 Å². The van der Waals surface area contributed by atoms with E-state index in [4.69, 9.17) is 10.7 Å². The van der Waals surface area contributed by atoms with Gasteiger partial charge in [0.15, 0.2) is 0 Å². The molecule has 0 bridgehead atoms. The smallest absolute Gasteiger partial charge is 0.261 e. The Bertz CT molecular complexity index is 641. The summed E-state index contributed by atoms with van der Waals surface area (Å²) in [4.78, 5) is 14.3. The van der Waals surface area contributed by atoms with Crippen molar-refractivity contribution in [1.29, 1.82) is 0 Å². The van der Waals surface area contributed by atoms with Gasteiger partial charge < -0.3 is 4.90 Å². The Labute approximate surface area is 131 Å². The number of hydrogen-bond acceptors (Lipinski definition) is 3. The molecule has 6 heteroatoms. The van der Waals surface area contributed by atoms with Gasteiger partial charge >= 0.3 is 0 Å². The average molecular weight is 332 g/mol. The van der Waals surface area contributed by atoms with E-state index in [1.807, 2.05) is 20.8 Å². The number of aryl methyl sites for hydroxylation is 1. The molecule has 0 aliphatic heterocycles. The van der Waals surface area contributed by atoms with Crippen LogP contribution in [0.3, 0.4) is 0 Å². The fraction of sp³-hybridized carbons (Fsp3) is 0.533. The summed E-state index contributed by atoms with van der Waals surface area (Å²) in [6, 6.07) is 3.19. The van der Waals surface area contributed by atoms with Gasteiger partial charge in [-0.25, -0.2) is 8.42 Å². The quantitative estimate of drug-likeness (QED) is 0.776. The highest BCUT2D eigenvalue weighted by molar-refractivity contribution is 8.13. The second kappa shape index (κ2) is 6.79. The largest absolute Gasteiger partial charge is 0.336 e. The molecule has 1 rings (SSSR count). The summed E-state index contributed by atoms with van der Waals surface area (Å²) in [6.45, 7) is 9.92. The fourth-order valence-electron chi connectivity index (χ4n) is 2.25. The van der Waals surface area contributed by atoms with E-state index < -0.39 is 9.05 Å². The van der Waals surface area contributed by atoms with E-state index in [2.05, 4.69) is 0 Å². The maximum Gasteiger partial charge on any atom is 0.261 e. The molecule has 1 amide bonds. The van der Waals surface area contributed by atoms with Gasteiger partial charge in [0.25, 0.3) is 15.0 Å². The van der Waals surface area contributed by atoms with Gasteiger partial charge in [0.2, 0.25) is 0 Å². The molecule has 0 saturated carbocycles. The number of amides is 1. The Kier molecular flexibility index (Phi) is 5.82. The van der Waals surface area contributed by atoms with Gasteiger partial charge in [-0.05, 0) is 57.4 Å². The Balaban J connectivity index is 3.38. The molecule has 0 fully saturated rings. The molecular weight excluding hydrogens is 310 g/mol. The number of carbonyl (C=O) groups is 1. The predicted octanol–water partition coefficient (Wildman–Crippen LogP) is 3.49. The highest BCUT2D eigenvalue weighted by Gasteiger charge is 2.23. The predicted molar refractivity (Wildman–Crippen MR) is 85.4 cm³/mol. The third-order valence-corrected chi connectivity index (χ3v) is 5.30. The standard InChI is InChI=1S/C15H22ClNO3S/c1-6-11(4)17(7-2)15(18)13-8-10(3)12(5)14(9-13)21(16,19)20/h8-9,11H,6-7H2,1-5H3. The van der Waals surface area contributed by atoms with Gasteiger partial charge in [0, 0.05) is 28.8 Å². The molecule has 21 heavy (non-hydrogen) atoms. The summed E-state index contributed by atoms with van der Waals surface area (Å²) < 4.78 is 23.3. The molecule has 1 unspecified atom stereocenters. The first kappa shape index (κ1) is 18.0. The van der Waals surface area contributed by atoms with Crippen LogP contribution in [0.2, 0.25) is 0 Å². The summed E-state index contributed by atoms with van der Waals surface area (Å²) >= 11 is 0. The normalized spacial score (nSPS) is 13.0. The van der Waals surface area contributed by atoms with Crippen molar-refractivity contribution in [2.45, 2.75) is 52.0 Å². The molecule has 1 atom stereocenters. The van der Waals surface area contributed by atoms with Crippen molar-refractivity contribution in [3.63, 3.8) is 0 Å². The number of halogens is 1. The van der Waals surface area contributed by atoms with E-state index in [1.165, 1.54) is 6.07 Å². The Morgan fingerprint density at radius 1 is 1.29 bits per heavy atom. The number of carbonyl (C=O) groups excluding carboxylic acids is 1. The molecule has 118 valence electrons. The van der Waals surface area contributed by atoms with Crippen LogP contribution >= 0.6 is 10.7 Å². The molecule has 0 heterocycles. The number of rotatable bonds is 5. The van der Waals surface area contributed by atoms with Gasteiger partial charge in [0.1, 0.15) is 0 Å². The minimum atomic E-state index is -3.87. The molecule has 1 aromatic carbocycles. The van der Waals surface area contributed by atoms with Crippen LogP contribution in [0.4, 0.5) is 0 Å². The first-order valence-corrected chi connectivity index (χ1v) is 9.31. The van der Waals surface area contributed by atoms with Crippen LogP contribution in [0.15, 0.2) is 17.0 Å². The summed E-state index contributed by atoms with van der Waals surface area (Å²) in [5, 5.41) is 0. The van der Waals surface area contributed by atoms with Crippen molar-refractivity contribution in [3.8, 4) is 0 Å². The number of benzene rings is 1. The SMILES string of the molecule is CCC(C)N(CC)C(=O)c1cc(C)c(C)c(S(=O)(=O)Cl)c1. The summed E-state index contributed by atoms with van der Waals surface area (Å²) in [6.07, 6.45) is 0.838. The molecule has 0 aliphatic carbocycles. The Hall–Kier alpha value is -1.07. The lowest BCUT2D eigenvalue weighted by atomic mass is 10.0. The van der Waals surface area contributed by atoms with Crippen LogP contribution < -0.4 is 0 Å². The van der Waals surface area contributed by atoms with Gasteiger partial charge in [-0.2, -0.15) is 0 Å². The van der Waals surface area contributed by atoms with Gasteiger partial charge in [-0.15, -0.1) is 0 Å². The highest BCUT2D eigenvalue weighted by atomic mass is 35.7. The zero-order chi connectivity index (χ0) is 16.4. The van der Waals surface area contributed by atoms with E-state index in [0.29, 0.717) is 17.7 Å².